The van der Waals surface area contributed by atoms with Crippen LogP contribution >= 0.6 is 11.8 Å². The molecule has 90 valence electrons. The summed E-state index contributed by atoms with van der Waals surface area (Å²) in [4.78, 5) is 11.8. The van der Waals surface area contributed by atoms with Gasteiger partial charge in [-0.3, -0.25) is 9.48 Å². The van der Waals surface area contributed by atoms with E-state index in [4.69, 9.17) is 10.8 Å². The van der Waals surface area contributed by atoms with Crippen molar-refractivity contribution in [3.05, 3.63) is 12.4 Å². The van der Waals surface area contributed by atoms with Crippen LogP contribution in [0.5, 0.6) is 0 Å². The topological polar surface area (TPSA) is 81.1 Å². The van der Waals surface area contributed by atoms with E-state index in [0.29, 0.717) is 6.42 Å². The van der Waals surface area contributed by atoms with E-state index < -0.39 is 11.5 Å². The van der Waals surface area contributed by atoms with Gasteiger partial charge in [-0.15, -0.1) is 11.8 Å². The van der Waals surface area contributed by atoms with Gasteiger partial charge >= 0.3 is 5.97 Å². The van der Waals surface area contributed by atoms with E-state index in [2.05, 4.69) is 5.10 Å². The van der Waals surface area contributed by atoms with Crippen molar-refractivity contribution in [3.8, 4) is 0 Å². The van der Waals surface area contributed by atoms with Crippen molar-refractivity contribution >= 4 is 17.7 Å². The molecule has 1 unspecified atom stereocenters. The molecule has 0 aliphatic rings. The van der Waals surface area contributed by atoms with Gasteiger partial charge in [-0.25, -0.2) is 0 Å². The molecule has 1 aromatic heterocycles. The molecule has 3 N–H and O–H groups in total. The predicted octanol–water partition coefficient (Wildman–Crippen LogP) is 1.09. The van der Waals surface area contributed by atoms with Crippen molar-refractivity contribution in [1.82, 2.24) is 9.78 Å². The largest absolute Gasteiger partial charge is 0.480 e. The van der Waals surface area contributed by atoms with Crippen LogP contribution in [0.2, 0.25) is 0 Å². The molecule has 0 aliphatic heterocycles. The fourth-order valence-corrected chi connectivity index (χ4v) is 2.08. The molecule has 1 aromatic rings. The quantitative estimate of drug-likeness (QED) is 0.577. The summed E-state index contributed by atoms with van der Waals surface area (Å²) in [5.74, 6) is -0.0925. The van der Waals surface area contributed by atoms with Crippen LogP contribution in [-0.4, -0.2) is 32.1 Å². The molecule has 0 aliphatic carbocycles. The van der Waals surface area contributed by atoms with Crippen molar-refractivity contribution in [3.63, 3.8) is 0 Å². The Hall–Kier alpha value is -1.01. The Labute approximate surface area is 99.0 Å². The predicted molar refractivity (Wildman–Crippen MR) is 63.4 cm³/mol. The zero-order valence-electron chi connectivity index (χ0n) is 9.51. The van der Waals surface area contributed by atoms with Gasteiger partial charge < -0.3 is 10.8 Å². The van der Waals surface area contributed by atoms with E-state index in [1.165, 1.54) is 0 Å². The number of aryl methyl sites for hydroxylation is 1. The van der Waals surface area contributed by atoms with E-state index >= 15 is 0 Å². The molecule has 0 aromatic carbocycles. The fraction of sp³-hybridized carbons (Fsp3) is 0.600. The summed E-state index contributed by atoms with van der Waals surface area (Å²) in [6.45, 7) is 1.55. The summed E-state index contributed by atoms with van der Waals surface area (Å²) in [6.07, 6.45) is 4.99. The average Bonchev–Trinajstić information content (AvgIpc) is 2.59. The number of hydrogen-bond donors (Lipinski definition) is 2. The number of nitrogens with zero attached hydrogens (tertiary/aromatic N) is 2. The lowest BCUT2D eigenvalue weighted by molar-refractivity contribution is -0.142. The van der Waals surface area contributed by atoms with Gasteiger partial charge in [0.15, 0.2) is 0 Å². The second kappa shape index (κ2) is 5.36. The Kier molecular flexibility index (Phi) is 4.37. The van der Waals surface area contributed by atoms with Crippen LogP contribution < -0.4 is 5.73 Å². The van der Waals surface area contributed by atoms with Gasteiger partial charge in [0.05, 0.1) is 6.20 Å². The number of hydrogen-bond acceptors (Lipinski definition) is 4. The SMILES string of the molecule is Cn1cc(SCCCC(C)(N)C(=O)O)cn1. The van der Waals surface area contributed by atoms with Crippen molar-refractivity contribution < 1.29 is 9.90 Å². The number of aliphatic carboxylic acids is 1. The lowest BCUT2D eigenvalue weighted by Gasteiger charge is -2.18. The second-order valence-electron chi connectivity index (χ2n) is 4.02. The molecular weight excluding hydrogens is 226 g/mol. The maximum Gasteiger partial charge on any atom is 0.323 e. The third kappa shape index (κ3) is 3.86. The van der Waals surface area contributed by atoms with E-state index in [0.717, 1.165) is 17.1 Å². The van der Waals surface area contributed by atoms with Crippen LogP contribution in [0.3, 0.4) is 0 Å². The fourth-order valence-electron chi connectivity index (χ4n) is 1.21. The first-order valence-electron chi connectivity index (χ1n) is 5.05. The minimum atomic E-state index is -1.12. The molecule has 0 saturated carbocycles. The van der Waals surface area contributed by atoms with Crippen LogP contribution in [0, 0.1) is 0 Å². The highest BCUT2D eigenvalue weighted by Gasteiger charge is 2.26. The summed E-state index contributed by atoms with van der Waals surface area (Å²) in [6, 6.07) is 0. The Morgan fingerprint density at radius 3 is 2.94 bits per heavy atom. The number of rotatable bonds is 6. The summed E-state index contributed by atoms with van der Waals surface area (Å²) in [5, 5.41) is 12.9. The Morgan fingerprint density at radius 2 is 2.44 bits per heavy atom. The summed E-state index contributed by atoms with van der Waals surface area (Å²) >= 11 is 1.66. The van der Waals surface area contributed by atoms with Crippen LogP contribution in [0.1, 0.15) is 19.8 Å². The number of carbonyl (C=O) groups is 1. The highest BCUT2D eigenvalue weighted by molar-refractivity contribution is 7.99. The maximum absolute atomic E-state index is 10.7. The summed E-state index contributed by atoms with van der Waals surface area (Å²) in [7, 11) is 1.87. The van der Waals surface area contributed by atoms with Crippen molar-refractivity contribution in [2.45, 2.75) is 30.2 Å². The van der Waals surface area contributed by atoms with E-state index in [9.17, 15) is 4.79 Å². The Balaban J connectivity index is 2.24. The highest BCUT2D eigenvalue weighted by Crippen LogP contribution is 2.19. The molecule has 0 fully saturated rings. The molecule has 16 heavy (non-hydrogen) atoms. The van der Waals surface area contributed by atoms with E-state index in [1.54, 1.807) is 29.6 Å². The monoisotopic (exact) mass is 243 g/mol. The van der Waals surface area contributed by atoms with Gasteiger partial charge in [0.25, 0.3) is 0 Å². The third-order valence-electron chi connectivity index (χ3n) is 2.28. The Morgan fingerprint density at radius 1 is 1.75 bits per heavy atom. The minimum absolute atomic E-state index is 0.482. The van der Waals surface area contributed by atoms with Gasteiger partial charge in [0, 0.05) is 18.1 Å². The highest BCUT2D eigenvalue weighted by atomic mass is 32.2. The molecule has 0 bridgehead atoms. The molecule has 0 amide bonds. The molecule has 6 heteroatoms. The zero-order chi connectivity index (χ0) is 12.2. The smallest absolute Gasteiger partial charge is 0.323 e. The molecular formula is C10H17N3O2S. The molecule has 5 nitrogen and oxygen atoms in total. The van der Waals surface area contributed by atoms with Crippen LogP contribution in [0.25, 0.3) is 0 Å². The summed E-state index contributed by atoms with van der Waals surface area (Å²) in [5.41, 5.74) is 4.50. The van der Waals surface area contributed by atoms with E-state index in [-0.39, 0.29) is 0 Å². The standard InChI is InChI=1S/C10H17N3O2S/c1-10(11,9(14)15)4-3-5-16-8-6-12-13(2)7-8/h6-7H,3-5,11H2,1-2H3,(H,14,15). The van der Waals surface area contributed by atoms with Gasteiger partial charge in [0.2, 0.25) is 0 Å². The van der Waals surface area contributed by atoms with Crippen molar-refractivity contribution in [2.24, 2.45) is 12.8 Å². The number of aromatic nitrogens is 2. The first kappa shape index (κ1) is 13.1. The van der Waals surface area contributed by atoms with Crippen LogP contribution in [-0.2, 0) is 11.8 Å². The summed E-state index contributed by atoms with van der Waals surface area (Å²) < 4.78 is 1.74. The van der Waals surface area contributed by atoms with Gasteiger partial charge in [-0.1, -0.05) is 0 Å². The molecule has 0 radical (unpaired) electrons. The molecule has 1 atom stereocenters. The number of carboxylic acid groups (broad SMARTS) is 1. The molecule has 1 heterocycles. The van der Waals surface area contributed by atoms with Crippen LogP contribution in [0.15, 0.2) is 17.3 Å². The molecule has 1 rings (SSSR count). The number of thioether (sulfide) groups is 1. The van der Waals surface area contributed by atoms with Gasteiger partial charge in [-0.05, 0) is 25.5 Å². The normalized spacial score (nSPS) is 14.7. The number of nitrogens with two attached hydrogens (primary N) is 1. The van der Waals surface area contributed by atoms with Crippen molar-refractivity contribution in [2.75, 3.05) is 5.75 Å². The molecule has 0 saturated heterocycles. The number of carboxylic acids is 1. The first-order chi connectivity index (χ1) is 7.42. The zero-order valence-corrected chi connectivity index (χ0v) is 10.3. The van der Waals surface area contributed by atoms with Crippen LogP contribution in [0.4, 0.5) is 0 Å². The maximum atomic E-state index is 10.7. The first-order valence-corrected chi connectivity index (χ1v) is 6.04. The van der Waals surface area contributed by atoms with Gasteiger partial charge in [0.1, 0.15) is 5.54 Å². The second-order valence-corrected chi connectivity index (χ2v) is 5.19. The van der Waals surface area contributed by atoms with Crippen molar-refractivity contribution in [1.29, 1.82) is 0 Å². The Bertz CT molecular complexity index is 363. The molecule has 0 spiro atoms. The third-order valence-corrected chi connectivity index (χ3v) is 3.32. The van der Waals surface area contributed by atoms with Gasteiger partial charge in [-0.2, -0.15) is 5.10 Å². The van der Waals surface area contributed by atoms with E-state index in [1.807, 2.05) is 13.2 Å². The average molecular weight is 243 g/mol. The minimum Gasteiger partial charge on any atom is -0.480 e. The lowest BCUT2D eigenvalue weighted by atomic mass is 9.98. The lowest BCUT2D eigenvalue weighted by Crippen LogP contribution is -2.44.